The van der Waals surface area contributed by atoms with Crippen molar-refractivity contribution in [2.45, 2.75) is 20.3 Å². The molecule has 1 rings (SSSR count). The van der Waals surface area contributed by atoms with Gasteiger partial charge >= 0.3 is 80.6 Å². The Morgan fingerprint density at radius 2 is 2.00 bits per heavy atom. The monoisotopic (exact) mass is 226 g/mol. The summed E-state index contributed by atoms with van der Waals surface area (Å²) in [7, 11) is 0. The van der Waals surface area contributed by atoms with Gasteiger partial charge in [0, 0.05) is 0 Å². The van der Waals surface area contributed by atoms with Crippen molar-refractivity contribution >= 4 is 19.4 Å². The molecule has 0 bridgehead atoms. The van der Waals surface area contributed by atoms with E-state index in [4.69, 9.17) is 0 Å². The van der Waals surface area contributed by atoms with Crippen LogP contribution in [0.3, 0.4) is 0 Å². The van der Waals surface area contributed by atoms with Crippen molar-refractivity contribution in [1.82, 2.24) is 0 Å². The summed E-state index contributed by atoms with van der Waals surface area (Å²) in [5.41, 5.74) is 0. The molecule has 64 valence electrons. The van der Waals surface area contributed by atoms with Crippen LogP contribution < -0.4 is 4.46 Å². The van der Waals surface area contributed by atoms with Gasteiger partial charge in [0.2, 0.25) is 0 Å². The standard InChI is InChI=1S/C11H14Se/c1-3-7-10(2)12-11-8-5-4-6-9-11/h4-9H,3H2,1-2H3/b10-7-. The minimum absolute atomic E-state index is 0.539. The van der Waals surface area contributed by atoms with Crippen LogP contribution in [0.25, 0.3) is 0 Å². The molecule has 0 nitrogen and oxygen atoms in total. The Labute approximate surface area is 80.8 Å². The predicted molar refractivity (Wildman–Crippen MR) is 55.9 cm³/mol. The fourth-order valence-electron chi connectivity index (χ4n) is 1.00. The molecular weight excluding hydrogens is 211 g/mol. The van der Waals surface area contributed by atoms with Gasteiger partial charge in [0.25, 0.3) is 0 Å². The zero-order valence-corrected chi connectivity index (χ0v) is 9.29. The number of rotatable bonds is 3. The van der Waals surface area contributed by atoms with Gasteiger partial charge in [0.15, 0.2) is 0 Å². The second-order valence-electron chi connectivity index (χ2n) is 2.64. The first-order chi connectivity index (χ1) is 5.83. The normalized spacial score (nSPS) is 11.7. The summed E-state index contributed by atoms with van der Waals surface area (Å²) in [6.07, 6.45) is 3.47. The fourth-order valence-corrected chi connectivity index (χ4v) is 2.92. The Morgan fingerprint density at radius 3 is 2.58 bits per heavy atom. The van der Waals surface area contributed by atoms with Crippen LogP contribution in [0.2, 0.25) is 0 Å². The zero-order chi connectivity index (χ0) is 8.81. The molecule has 0 unspecified atom stereocenters. The minimum atomic E-state index is 0.539. The third-order valence-corrected chi connectivity index (χ3v) is 3.60. The fraction of sp³-hybridized carbons (Fsp3) is 0.273. The Morgan fingerprint density at radius 1 is 1.33 bits per heavy atom. The van der Waals surface area contributed by atoms with Crippen LogP contribution in [0.1, 0.15) is 20.3 Å². The maximum absolute atomic E-state index is 2.31. The van der Waals surface area contributed by atoms with Crippen LogP contribution in [0.5, 0.6) is 0 Å². The van der Waals surface area contributed by atoms with Gasteiger partial charge in [0.05, 0.1) is 0 Å². The molecular formula is C11H14Se. The zero-order valence-electron chi connectivity index (χ0n) is 7.58. The Bertz CT molecular complexity index is 249. The van der Waals surface area contributed by atoms with E-state index in [-0.39, 0.29) is 0 Å². The van der Waals surface area contributed by atoms with Gasteiger partial charge in [0.1, 0.15) is 0 Å². The molecule has 0 aliphatic carbocycles. The summed E-state index contributed by atoms with van der Waals surface area (Å²) in [5.74, 6) is 0. The molecule has 1 aromatic carbocycles. The quantitative estimate of drug-likeness (QED) is 0.692. The van der Waals surface area contributed by atoms with Crippen LogP contribution in [0.4, 0.5) is 0 Å². The molecule has 0 saturated carbocycles. The van der Waals surface area contributed by atoms with Gasteiger partial charge in [-0.05, 0) is 0 Å². The molecule has 0 N–H and O–H groups in total. The van der Waals surface area contributed by atoms with E-state index in [1.807, 2.05) is 0 Å². The topological polar surface area (TPSA) is 0 Å². The van der Waals surface area contributed by atoms with E-state index in [0.717, 1.165) is 6.42 Å². The second-order valence-corrected chi connectivity index (χ2v) is 5.41. The average Bonchev–Trinajstić information content (AvgIpc) is 2.06. The summed E-state index contributed by atoms with van der Waals surface area (Å²) in [5, 5.41) is 0. The summed E-state index contributed by atoms with van der Waals surface area (Å²) in [6.45, 7) is 4.40. The van der Waals surface area contributed by atoms with Crippen LogP contribution in [0.15, 0.2) is 40.9 Å². The van der Waals surface area contributed by atoms with Gasteiger partial charge in [-0.3, -0.25) is 0 Å². The number of allylic oxidation sites excluding steroid dienone is 2. The molecule has 0 aliphatic heterocycles. The first-order valence-corrected chi connectivity index (χ1v) is 5.94. The van der Waals surface area contributed by atoms with E-state index >= 15 is 0 Å². The van der Waals surface area contributed by atoms with Crippen molar-refractivity contribution in [3.05, 3.63) is 40.9 Å². The Kier molecular flexibility index (Phi) is 4.13. The van der Waals surface area contributed by atoms with E-state index in [1.165, 1.54) is 8.93 Å². The molecule has 0 heterocycles. The van der Waals surface area contributed by atoms with Crippen LogP contribution in [-0.2, 0) is 0 Å². The molecule has 0 amide bonds. The van der Waals surface area contributed by atoms with Gasteiger partial charge in [-0.1, -0.05) is 0 Å². The van der Waals surface area contributed by atoms with E-state index in [1.54, 1.807) is 0 Å². The van der Waals surface area contributed by atoms with E-state index < -0.39 is 0 Å². The van der Waals surface area contributed by atoms with E-state index in [9.17, 15) is 0 Å². The molecule has 0 saturated heterocycles. The predicted octanol–water partition coefficient (Wildman–Crippen LogP) is 2.33. The molecule has 0 radical (unpaired) electrons. The average molecular weight is 225 g/mol. The van der Waals surface area contributed by atoms with Gasteiger partial charge < -0.3 is 0 Å². The summed E-state index contributed by atoms with van der Waals surface area (Å²) in [6, 6.07) is 10.7. The number of benzene rings is 1. The molecule has 1 heteroatoms. The summed E-state index contributed by atoms with van der Waals surface area (Å²) >= 11 is 0.539. The summed E-state index contributed by atoms with van der Waals surface area (Å²) in [4.78, 5) is 0. The molecule has 12 heavy (non-hydrogen) atoms. The van der Waals surface area contributed by atoms with E-state index in [0.29, 0.717) is 15.0 Å². The van der Waals surface area contributed by atoms with Crippen LogP contribution in [-0.4, -0.2) is 15.0 Å². The SMILES string of the molecule is CC/C=C(/C)[Se]c1ccccc1. The second kappa shape index (κ2) is 5.18. The molecule has 0 atom stereocenters. The van der Waals surface area contributed by atoms with Crippen molar-refractivity contribution in [2.24, 2.45) is 0 Å². The van der Waals surface area contributed by atoms with E-state index in [2.05, 4.69) is 50.3 Å². The van der Waals surface area contributed by atoms with Crippen LogP contribution in [0, 0.1) is 0 Å². The van der Waals surface area contributed by atoms with Crippen molar-refractivity contribution in [1.29, 1.82) is 0 Å². The molecule has 0 fully saturated rings. The molecule has 0 spiro atoms. The summed E-state index contributed by atoms with van der Waals surface area (Å²) < 4.78 is 2.99. The first kappa shape index (κ1) is 9.57. The molecule has 0 aliphatic rings. The molecule has 1 aromatic rings. The van der Waals surface area contributed by atoms with Crippen LogP contribution >= 0.6 is 0 Å². The maximum atomic E-state index is 2.31. The van der Waals surface area contributed by atoms with Crippen molar-refractivity contribution in [3.8, 4) is 0 Å². The van der Waals surface area contributed by atoms with Gasteiger partial charge in [-0.15, -0.1) is 0 Å². The third-order valence-electron chi connectivity index (χ3n) is 1.51. The van der Waals surface area contributed by atoms with Crippen molar-refractivity contribution in [2.75, 3.05) is 0 Å². The number of hydrogen-bond acceptors (Lipinski definition) is 0. The Balaban J connectivity index is 2.58. The Hall–Kier alpha value is -0.521. The third kappa shape index (κ3) is 3.25. The number of hydrogen-bond donors (Lipinski definition) is 0. The van der Waals surface area contributed by atoms with Gasteiger partial charge in [-0.25, -0.2) is 0 Å². The van der Waals surface area contributed by atoms with Crippen molar-refractivity contribution in [3.63, 3.8) is 0 Å². The van der Waals surface area contributed by atoms with Gasteiger partial charge in [-0.2, -0.15) is 0 Å². The molecule has 0 aromatic heterocycles. The first-order valence-electron chi connectivity index (χ1n) is 4.22. The van der Waals surface area contributed by atoms with Crippen molar-refractivity contribution < 1.29 is 0 Å².